The third-order valence-corrected chi connectivity index (χ3v) is 5.22. The minimum absolute atomic E-state index is 0.0156. The molecule has 1 aliphatic heterocycles. The van der Waals surface area contributed by atoms with Crippen LogP contribution >= 0.6 is 27.5 Å². The molecule has 0 aliphatic carbocycles. The zero-order valence-corrected chi connectivity index (χ0v) is 14.9. The van der Waals surface area contributed by atoms with Crippen LogP contribution in [0.2, 0.25) is 5.02 Å². The smallest absolute Gasteiger partial charge is 0.255 e. The van der Waals surface area contributed by atoms with Crippen molar-refractivity contribution in [1.29, 1.82) is 0 Å². The van der Waals surface area contributed by atoms with Crippen LogP contribution in [0.1, 0.15) is 37.0 Å². The van der Waals surface area contributed by atoms with E-state index in [9.17, 15) is 4.79 Å². The number of carbonyl (C=O) groups is 1. The molecule has 21 heavy (non-hydrogen) atoms. The molecular weight excluding hydrogens is 352 g/mol. The molecule has 0 saturated carbocycles. The van der Waals surface area contributed by atoms with Crippen LogP contribution in [0.4, 0.5) is 0 Å². The monoisotopic (exact) mass is 372 g/mol. The lowest BCUT2D eigenvalue weighted by atomic mass is 9.98. The quantitative estimate of drug-likeness (QED) is 0.866. The van der Waals surface area contributed by atoms with E-state index >= 15 is 0 Å². The first-order valence-corrected chi connectivity index (χ1v) is 8.63. The lowest BCUT2D eigenvalue weighted by molar-refractivity contribution is 0.0661. The van der Waals surface area contributed by atoms with Gasteiger partial charge in [-0.1, -0.05) is 17.7 Å². The predicted molar refractivity (Wildman–Crippen MR) is 90.9 cm³/mol. The largest absolute Gasteiger partial charge is 0.336 e. The Hall–Kier alpha value is -0.580. The number of hydrogen-bond acceptors (Lipinski definition) is 2. The van der Waals surface area contributed by atoms with E-state index in [2.05, 4.69) is 35.1 Å². The number of hydrogen-bond donors (Lipinski definition) is 1. The lowest BCUT2D eigenvalue weighted by Gasteiger charge is -2.33. The normalized spacial score (nSPS) is 18.8. The van der Waals surface area contributed by atoms with E-state index in [0.717, 1.165) is 24.1 Å². The number of nitrogens with one attached hydrogen (secondary N) is 1. The first kappa shape index (κ1) is 16.8. The van der Waals surface area contributed by atoms with E-state index in [4.69, 9.17) is 11.6 Å². The maximum Gasteiger partial charge on any atom is 0.255 e. The Balaban J connectivity index is 2.17. The molecule has 1 unspecified atom stereocenters. The van der Waals surface area contributed by atoms with Crippen molar-refractivity contribution < 1.29 is 4.79 Å². The summed E-state index contributed by atoms with van der Waals surface area (Å²) in [5.41, 5.74) is 0.573. The first-order valence-electron chi connectivity index (χ1n) is 7.46. The number of carbonyl (C=O) groups excluding carboxylic acids is 1. The highest BCUT2D eigenvalue weighted by molar-refractivity contribution is 9.10. The van der Waals surface area contributed by atoms with Gasteiger partial charge in [-0.15, -0.1) is 0 Å². The molecule has 1 saturated heterocycles. The molecule has 1 atom stereocenters. The summed E-state index contributed by atoms with van der Waals surface area (Å²) >= 11 is 9.66. The van der Waals surface area contributed by atoms with Gasteiger partial charge in [-0.05, 0) is 73.8 Å². The number of piperidine rings is 1. The van der Waals surface area contributed by atoms with Crippen LogP contribution in [0.5, 0.6) is 0 Å². The molecule has 1 aromatic carbocycles. The molecule has 2 rings (SSSR count). The zero-order valence-electron chi connectivity index (χ0n) is 12.5. The Morgan fingerprint density at radius 3 is 2.90 bits per heavy atom. The van der Waals surface area contributed by atoms with Crippen molar-refractivity contribution in [3.63, 3.8) is 0 Å². The average Bonchev–Trinajstić information content (AvgIpc) is 2.48. The van der Waals surface area contributed by atoms with Gasteiger partial charge in [-0.2, -0.15) is 0 Å². The molecule has 0 bridgehead atoms. The van der Waals surface area contributed by atoms with Gasteiger partial charge < -0.3 is 10.2 Å². The second-order valence-electron chi connectivity index (χ2n) is 5.87. The number of rotatable bonds is 4. The van der Waals surface area contributed by atoms with Crippen LogP contribution < -0.4 is 5.32 Å². The van der Waals surface area contributed by atoms with Crippen molar-refractivity contribution in [2.24, 2.45) is 5.92 Å². The second kappa shape index (κ2) is 7.61. The number of amides is 1. The summed E-state index contributed by atoms with van der Waals surface area (Å²) in [6.07, 6.45) is 2.36. The topological polar surface area (TPSA) is 32.3 Å². The van der Waals surface area contributed by atoms with E-state index in [1.165, 1.54) is 12.8 Å². The average molecular weight is 374 g/mol. The maximum absolute atomic E-state index is 12.8. The van der Waals surface area contributed by atoms with E-state index in [1.807, 2.05) is 17.0 Å². The molecule has 0 spiro atoms. The van der Waals surface area contributed by atoms with Crippen LogP contribution in [-0.2, 0) is 0 Å². The molecule has 5 heteroatoms. The summed E-state index contributed by atoms with van der Waals surface area (Å²) < 4.78 is 0.762. The Morgan fingerprint density at radius 2 is 2.29 bits per heavy atom. The van der Waals surface area contributed by atoms with Crippen LogP contribution in [-0.4, -0.2) is 36.5 Å². The van der Waals surface area contributed by atoms with Crippen molar-refractivity contribution in [3.8, 4) is 0 Å². The van der Waals surface area contributed by atoms with Gasteiger partial charge in [-0.3, -0.25) is 4.79 Å². The molecule has 1 aromatic rings. The Labute approximate surface area is 140 Å². The fourth-order valence-electron chi connectivity index (χ4n) is 2.71. The Bertz CT molecular complexity index is 501. The fraction of sp³-hybridized carbons (Fsp3) is 0.562. The molecule has 116 valence electrons. The molecule has 0 aromatic heterocycles. The number of halogens is 2. The molecule has 0 radical (unpaired) electrons. The molecule has 1 aliphatic rings. The van der Waals surface area contributed by atoms with Crippen molar-refractivity contribution in [1.82, 2.24) is 10.2 Å². The minimum atomic E-state index is 0.0156. The van der Waals surface area contributed by atoms with Gasteiger partial charge in [-0.25, -0.2) is 0 Å². The molecule has 3 nitrogen and oxygen atoms in total. The SMILES string of the molecule is CC(C)N(CC1CCCNC1)C(=O)c1cccc(Br)c1Cl. The van der Waals surface area contributed by atoms with Gasteiger partial charge in [0.15, 0.2) is 0 Å². The highest BCUT2D eigenvalue weighted by Gasteiger charge is 2.25. The van der Waals surface area contributed by atoms with E-state index in [0.29, 0.717) is 16.5 Å². The summed E-state index contributed by atoms with van der Waals surface area (Å²) in [7, 11) is 0. The lowest BCUT2D eigenvalue weighted by Crippen LogP contribution is -2.44. The second-order valence-corrected chi connectivity index (χ2v) is 7.10. The van der Waals surface area contributed by atoms with Crippen molar-refractivity contribution in [2.45, 2.75) is 32.7 Å². The van der Waals surface area contributed by atoms with Crippen LogP contribution in [0.25, 0.3) is 0 Å². The highest BCUT2D eigenvalue weighted by atomic mass is 79.9. The molecule has 1 fully saturated rings. The van der Waals surface area contributed by atoms with Gasteiger partial charge in [0.1, 0.15) is 0 Å². The van der Waals surface area contributed by atoms with Gasteiger partial charge in [0.2, 0.25) is 0 Å². The summed E-state index contributed by atoms with van der Waals surface area (Å²) in [5, 5.41) is 3.90. The Kier molecular flexibility index (Phi) is 6.08. The van der Waals surface area contributed by atoms with E-state index in [1.54, 1.807) is 6.07 Å². The van der Waals surface area contributed by atoms with Crippen LogP contribution in [0, 0.1) is 5.92 Å². The fourth-order valence-corrected chi connectivity index (χ4v) is 3.28. The summed E-state index contributed by atoms with van der Waals surface area (Å²) in [6, 6.07) is 5.66. The van der Waals surface area contributed by atoms with Gasteiger partial charge in [0.25, 0.3) is 5.91 Å². The van der Waals surface area contributed by atoms with Gasteiger partial charge >= 0.3 is 0 Å². The third-order valence-electron chi connectivity index (χ3n) is 3.92. The third kappa shape index (κ3) is 4.21. The summed E-state index contributed by atoms with van der Waals surface area (Å²) in [5.74, 6) is 0.540. The summed E-state index contributed by atoms with van der Waals surface area (Å²) in [6.45, 7) is 6.97. The maximum atomic E-state index is 12.8. The first-order chi connectivity index (χ1) is 10.0. The van der Waals surface area contributed by atoms with E-state index < -0.39 is 0 Å². The minimum Gasteiger partial charge on any atom is -0.336 e. The standard InChI is InChI=1S/C16H22BrClN2O/c1-11(2)20(10-12-5-4-8-19-9-12)16(21)13-6-3-7-14(17)15(13)18/h3,6-7,11-12,19H,4-5,8-10H2,1-2H3. The number of benzene rings is 1. The summed E-state index contributed by atoms with van der Waals surface area (Å²) in [4.78, 5) is 14.8. The van der Waals surface area contributed by atoms with Crippen LogP contribution in [0.15, 0.2) is 22.7 Å². The number of nitrogens with zero attached hydrogens (tertiary/aromatic N) is 1. The molecule has 1 amide bonds. The predicted octanol–water partition coefficient (Wildman–Crippen LogP) is 3.95. The van der Waals surface area contributed by atoms with E-state index in [-0.39, 0.29) is 11.9 Å². The molecule has 1 heterocycles. The highest BCUT2D eigenvalue weighted by Crippen LogP contribution is 2.28. The van der Waals surface area contributed by atoms with Gasteiger partial charge in [0, 0.05) is 17.1 Å². The molecule has 1 N–H and O–H groups in total. The zero-order chi connectivity index (χ0) is 15.4. The van der Waals surface area contributed by atoms with Crippen molar-refractivity contribution in [3.05, 3.63) is 33.3 Å². The van der Waals surface area contributed by atoms with Crippen molar-refractivity contribution >= 4 is 33.4 Å². The molecular formula is C16H22BrClN2O. The van der Waals surface area contributed by atoms with Crippen molar-refractivity contribution in [2.75, 3.05) is 19.6 Å². The Morgan fingerprint density at radius 1 is 1.52 bits per heavy atom. The van der Waals surface area contributed by atoms with Crippen LogP contribution in [0.3, 0.4) is 0 Å². The van der Waals surface area contributed by atoms with Gasteiger partial charge in [0.05, 0.1) is 10.6 Å².